The molecule has 5 unspecified atom stereocenters. The number of aliphatic hydroxyl groups excluding tert-OH is 1. The van der Waals surface area contributed by atoms with Gasteiger partial charge in [-0.15, -0.1) is 12.4 Å². The molecule has 7 aromatic rings. The molecule has 29 nitrogen and oxygen atoms in total. The van der Waals surface area contributed by atoms with Gasteiger partial charge in [0.1, 0.15) is 36.3 Å². The van der Waals surface area contributed by atoms with Crippen LogP contribution < -0.4 is 32.4 Å². The van der Waals surface area contributed by atoms with Gasteiger partial charge in [-0.25, -0.2) is 67.6 Å². The topological polar surface area (TPSA) is 388 Å². The Hall–Kier alpha value is -9.96. The van der Waals surface area contributed by atoms with Crippen LogP contribution in [0.5, 0.6) is 11.8 Å². The summed E-state index contributed by atoms with van der Waals surface area (Å²) in [5.74, 6) is -6.63. The second kappa shape index (κ2) is 44.5. The molecule has 2 amide bonds. The van der Waals surface area contributed by atoms with E-state index in [-0.39, 0.29) is 111 Å². The molecule has 109 heavy (non-hydrogen) atoms. The fraction of sp³-hybridized carbons (Fsp3) is 0.382. The molecule has 3 aromatic carbocycles. The number of ketones is 1. The van der Waals surface area contributed by atoms with Crippen molar-refractivity contribution >= 4 is 158 Å². The fourth-order valence-electron chi connectivity index (χ4n) is 9.99. The summed E-state index contributed by atoms with van der Waals surface area (Å²) in [6, 6.07) is 14.4. The van der Waals surface area contributed by atoms with Crippen molar-refractivity contribution in [3.8, 4) is 11.8 Å². The molecule has 4 saturated heterocycles. The summed E-state index contributed by atoms with van der Waals surface area (Å²) in [7, 11) is 0. The number of amides is 2. The number of esters is 1. The molecule has 4 aliphatic rings. The van der Waals surface area contributed by atoms with Crippen molar-refractivity contribution in [2.24, 2.45) is 5.73 Å². The van der Waals surface area contributed by atoms with E-state index >= 15 is 4.39 Å². The third-order valence-corrected chi connectivity index (χ3v) is 16.2. The lowest BCUT2D eigenvalue weighted by atomic mass is 10.0. The van der Waals surface area contributed by atoms with Crippen LogP contribution in [0.1, 0.15) is 107 Å². The number of nitrogens with two attached hydrogens (primary N) is 2. The van der Waals surface area contributed by atoms with Crippen molar-refractivity contribution in [2.75, 3.05) is 23.0 Å². The summed E-state index contributed by atoms with van der Waals surface area (Å²) in [5.41, 5.74) is 10.5. The summed E-state index contributed by atoms with van der Waals surface area (Å²) >= 11 is 33.7. The van der Waals surface area contributed by atoms with Gasteiger partial charge in [0.2, 0.25) is 17.5 Å². The van der Waals surface area contributed by atoms with Crippen LogP contribution in [0.3, 0.4) is 0 Å². The molecule has 0 spiro atoms. The van der Waals surface area contributed by atoms with Crippen LogP contribution >= 0.6 is 82.0 Å². The molecule has 10 N–H and O–H groups in total. The summed E-state index contributed by atoms with van der Waals surface area (Å²) in [5, 5.41) is 29.6. The molecule has 11 rings (SSSR count). The molecule has 0 aliphatic carbocycles. The first kappa shape index (κ1) is 93.2. The predicted molar refractivity (Wildman–Crippen MR) is 403 cm³/mol. The van der Waals surface area contributed by atoms with E-state index in [0.717, 1.165) is 57.9 Å². The molecule has 8 heterocycles. The Morgan fingerprint density at radius 3 is 1.43 bits per heavy atom. The van der Waals surface area contributed by atoms with E-state index in [2.05, 4.69) is 70.5 Å². The summed E-state index contributed by atoms with van der Waals surface area (Å²) in [6.45, 7) is 34.3. The lowest BCUT2D eigenvalue weighted by molar-refractivity contribution is -0.152. The number of carbonyl (C=O) groups excluding carboxylic acids is 4. The number of Topliss-reactive ketones (excluding diaryl/α,β-unsaturated/α-hetero) is 1. The maximum Gasteiger partial charge on any atom is 0.410 e. The highest BCUT2D eigenvalue weighted by molar-refractivity contribution is 6.35. The van der Waals surface area contributed by atoms with Crippen LogP contribution in [-0.4, -0.2) is 151 Å². The van der Waals surface area contributed by atoms with Crippen LogP contribution in [0, 0.1) is 48.4 Å². The first-order valence-corrected chi connectivity index (χ1v) is 34.2. The zero-order valence-corrected chi connectivity index (χ0v) is 64.5. The SMILES string of the molecule is CC(C)(C)OC(=O)N1C2CCC1CC(O)C2.CCOC(=O)C(F)C(C)=O.Cl.Fc1c(Cl)ncnc1Cl.N=CN.O=c1[nH]cnc(O)c1F.[C-]#[N+]c1ccc(N)c(Cl)c1.[C-]#[N+]c1ccc(Nc2ncnc(Cl)c2F)c(Cl)c1.[C-]#[N+]c1ccc(Nc2ncnc(OC3CC4CCC(C3)N4C(=O)OC(C)(C)C)c2F)c(Cl)c1. The predicted octanol–water partition coefficient (Wildman–Crippen LogP) is 16.5. The van der Waals surface area contributed by atoms with Crippen LogP contribution in [0.2, 0.25) is 30.5 Å². The average Bonchev–Trinajstić information content (AvgIpc) is 1.66. The maximum atomic E-state index is 15.1. The van der Waals surface area contributed by atoms with E-state index in [4.69, 9.17) is 120 Å². The van der Waals surface area contributed by atoms with Crippen molar-refractivity contribution in [3.05, 3.63) is 178 Å². The van der Waals surface area contributed by atoms with Gasteiger partial charge in [0.05, 0.1) is 71.5 Å². The van der Waals surface area contributed by atoms with E-state index < -0.39 is 63.8 Å². The number of halogens is 12. The molecule has 4 fully saturated rings. The maximum absolute atomic E-state index is 15.1. The number of piperidine rings is 2. The normalized spacial score (nSPS) is 16.9. The number of alkyl halides is 1. The Morgan fingerprint density at radius 1 is 0.661 bits per heavy atom. The zero-order valence-electron chi connectivity index (χ0n) is 59.1. The molecule has 4 bridgehead atoms. The fourth-order valence-corrected chi connectivity index (χ4v) is 11.1. The molecular formula is C68H74Cl7F5N18O11. The lowest BCUT2D eigenvalue weighted by Gasteiger charge is -2.39. The van der Waals surface area contributed by atoms with E-state index in [9.17, 15) is 46.6 Å². The van der Waals surface area contributed by atoms with E-state index in [0.29, 0.717) is 64.8 Å². The Labute approximate surface area is 658 Å². The summed E-state index contributed by atoms with van der Waals surface area (Å²) in [6.07, 6.45) is 8.24. The minimum absolute atomic E-state index is 0. The number of benzene rings is 3. The number of nitrogens with one attached hydrogen (secondary N) is 4. The van der Waals surface area contributed by atoms with Gasteiger partial charge < -0.3 is 66.0 Å². The second-order valence-electron chi connectivity index (χ2n) is 24.7. The highest BCUT2D eigenvalue weighted by Crippen LogP contribution is 2.41. The molecule has 4 aromatic heterocycles. The van der Waals surface area contributed by atoms with Gasteiger partial charge in [-0.1, -0.05) is 87.8 Å². The van der Waals surface area contributed by atoms with Gasteiger partial charge in [0.15, 0.2) is 55.8 Å². The van der Waals surface area contributed by atoms with Gasteiger partial charge in [0.25, 0.3) is 23.5 Å². The summed E-state index contributed by atoms with van der Waals surface area (Å²) in [4.78, 5) is 95.6. The number of anilines is 5. The molecule has 0 radical (unpaired) electrons. The van der Waals surface area contributed by atoms with Gasteiger partial charge in [0, 0.05) is 42.7 Å². The average molecular weight is 1660 g/mol. The minimum atomic E-state index is -2.11. The van der Waals surface area contributed by atoms with Gasteiger partial charge in [-0.05, 0) is 130 Å². The van der Waals surface area contributed by atoms with Crippen molar-refractivity contribution in [2.45, 2.75) is 161 Å². The van der Waals surface area contributed by atoms with Gasteiger partial charge >= 0.3 is 18.2 Å². The minimum Gasteiger partial charge on any atom is -0.491 e. The number of ether oxygens (including phenoxy) is 4. The van der Waals surface area contributed by atoms with E-state index in [1.165, 1.54) is 18.5 Å². The largest absolute Gasteiger partial charge is 0.491 e. The van der Waals surface area contributed by atoms with Crippen LogP contribution in [0.25, 0.3) is 14.5 Å². The molecule has 586 valence electrons. The standard InChI is InChI=1S/C23H25ClFN5O3.C12H21NO3.C11H5Cl2FN4.C7H5ClN2.C6H9FO3.C4HCl2FN2.C4H3FN2O2.CH4N2.ClH/c1-23(2,3)33-22(31)30-14-6-7-15(30)11-16(10-14)32-21-19(25)20(27-12-28-21)29-18-8-5-13(26-4)9-17(18)24;1-12(2,3)16-11(15)13-8-4-5-9(13)7-10(14)6-8;1-15-6-2-3-8(7(12)4-6)18-11-9(14)10(13)16-5-17-11;1-10-5-2-3-7(9)6(8)4-5;1-3-10-6(9)5(7)4(2)8;5-3-2(7)4(6)9-1-8-3;5-2-3(8)6-1-7-4(2)9;2-1-3;/h5,8-9,12,14-16H,6-7,10-11H2,1-3H3,(H,27,28,29);8-10,14H,4-7H2,1-3H3;2-5H,(H,16,17,18);2-4H,9H2;5H,3H2,1-2H3;1H;1H,(H2,6,7,8,9);1H,(H3,2,3);1H. The van der Waals surface area contributed by atoms with Crippen molar-refractivity contribution in [3.63, 3.8) is 0 Å². The van der Waals surface area contributed by atoms with Crippen LogP contribution in [-0.2, 0) is 23.8 Å². The number of H-pyrrole nitrogens is 1. The zero-order chi connectivity index (χ0) is 80.9. The van der Waals surface area contributed by atoms with Crippen molar-refractivity contribution < 1.29 is 70.3 Å². The van der Waals surface area contributed by atoms with Crippen molar-refractivity contribution in [1.29, 1.82) is 5.41 Å². The molecular weight excluding hydrogens is 1590 g/mol. The second-order valence-corrected chi connectivity index (χ2v) is 27.0. The van der Waals surface area contributed by atoms with Crippen LogP contribution in [0.15, 0.2) is 84.7 Å². The quantitative estimate of drug-likeness (QED) is 0.00766. The first-order chi connectivity index (χ1) is 50.8. The Balaban J connectivity index is 0.000000349. The summed E-state index contributed by atoms with van der Waals surface area (Å²) < 4.78 is 86.5. The van der Waals surface area contributed by atoms with Gasteiger partial charge in [-0.2, -0.15) is 18.2 Å². The van der Waals surface area contributed by atoms with Crippen LogP contribution in [0.4, 0.5) is 77.3 Å². The number of hydrogen-bond donors (Lipinski definition) is 8. The monoisotopic (exact) mass is 1660 g/mol. The number of carbonyl (C=O) groups is 4. The molecule has 5 atom stereocenters. The number of aromatic amines is 1. The number of nitrogen functional groups attached to an aromatic ring is 1. The Bertz CT molecular complexity index is 4410. The van der Waals surface area contributed by atoms with E-state index in [1.807, 2.05) is 56.3 Å². The first-order valence-electron chi connectivity index (χ1n) is 31.9. The molecule has 4 aliphatic heterocycles. The Kier molecular flexibility index (Phi) is 38.1. The number of nitrogens with zero attached hydrogens (tertiary/aromatic N) is 12. The third kappa shape index (κ3) is 29.9. The highest BCUT2D eigenvalue weighted by atomic mass is 35.5. The van der Waals surface area contributed by atoms with Gasteiger partial charge in [-0.3, -0.25) is 15.0 Å². The number of hydrogen-bond acceptors (Lipinski definition) is 22. The highest BCUT2D eigenvalue weighted by Gasteiger charge is 2.47. The number of aromatic hydroxyl groups is 1. The molecule has 0 saturated carbocycles. The number of aliphatic hydroxyl groups is 1. The number of fused-ring (bicyclic) bond motifs is 4. The third-order valence-electron chi connectivity index (χ3n) is 14.5. The number of aromatic nitrogens is 8. The number of rotatable bonds is 9. The molecule has 41 heteroatoms. The smallest absolute Gasteiger partial charge is 0.410 e. The lowest BCUT2D eigenvalue weighted by Crippen LogP contribution is -2.50. The van der Waals surface area contributed by atoms with E-state index in [1.54, 1.807) is 49.4 Å². The van der Waals surface area contributed by atoms with Crippen molar-refractivity contribution in [1.82, 2.24) is 49.7 Å². The Morgan fingerprint density at radius 2 is 1.06 bits per heavy atom.